The molecule has 1 aromatic carbocycles. The molecule has 0 amide bonds. The van der Waals surface area contributed by atoms with Crippen LogP contribution in [-0.2, 0) is 4.79 Å². The number of fused-ring (bicyclic) bond motifs is 1. The fourth-order valence-corrected chi connectivity index (χ4v) is 2.26. The molecule has 0 saturated heterocycles. The number of hydrogen-bond acceptors (Lipinski definition) is 5. The Morgan fingerprint density at radius 1 is 1.41 bits per heavy atom. The number of nitrogens with zero attached hydrogens (tertiary/aromatic N) is 2. The maximum Gasteiger partial charge on any atom is 0.341 e. The Labute approximate surface area is 128 Å². The molecule has 0 aliphatic rings. The smallest absolute Gasteiger partial charge is 0.341 e. The Bertz CT molecular complexity index is 862. The van der Waals surface area contributed by atoms with E-state index in [-0.39, 0.29) is 16.4 Å². The Hall–Kier alpha value is -2.80. The van der Waals surface area contributed by atoms with Crippen molar-refractivity contribution >= 4 is 28.5 Å². The van der Waals surface area contributed by atoms with Gasteiger partial charge >= 0.3 is 5.97 Å². The van der Waals surface area contributed by atoms with Crippen molar-refractivity contribution in [1.29, 1.82) is 0 Å². The molecule has 0 aliphatic carbocycles. The van der Waals surface area contributed by atoms with Crippen LogP contribution < -0.4 is 9.47 Å². The number of carboxylic acid groups (broad SMARTS) is 1. The summed E-state index contributed by atoms with van der Waals surface area (Å²) in [6.07, 6.45) is 1.35. The van der Waals surface area contributed by atoms with Crippen molar-refractivity contribution in [1.82, 2.24) is 5.16 Å². The summed E-state index contributed by atoms with van der Waals surface area (Å²) in [5, 5.41) is 24.9. The van der Waals surface area contributed by atoms with Crippen molar-refractivity contribution in [2.45, 2.75) is 0 Å². The van der Waals surface area contributed by atoms with Gasteiger partial charge in [0, 0.05) is 12.1 Å². The standard InChI is InChI=1S/C14H9ClN2O5/c15-12-10(21-7-11(18)19)5-4-8-13(16-22-14(8)12)9-3-1-2-6-17(9)20/h1-6H,7H2,(H,18,19). The number of ether oxygens (including phenoxy) is 1. The topological polar surface area (TPSA) is 99.5 Å². The Kier molecular flexibility index (Phi) is 3.56. The molecule has 112 valence electrons. The predicted molar refractivity (Wildman–Crippen MR) is 76.5 cm³/mol. The van der Waals surface area contributed by atoms with Crippen molar-refractivity contribution < 1.29 is 23.9 Å². The van der Waals surface area contributed by atoms with Crippen molar-refractivity contribution in [2.24, 2.45) is 0 Å². The fraction of sp³-hybridized carbons (Fsp3) is 0.0714. The number of aromatic nitrogens is 2. The van der Waals surface area contributed by atoms with Crippen LogP contribution in [0.2, 0.25) is 5.02 Å². The molecule has 2 heterocycles. The number of rotatable bonds is 4. The van der Waals surface area contributed by atoms with Crippen molar-refractivity contribution in [3.63, 3.8) is 0 Å². The van der Waals surface area contributed by atoms with E-state index < -0.39 is 12.6 Å². The number of carboxylic acids is 1. The molecule has 0 radical (unpaired) electrons. The monoisotopic (exact) mass is 320 g/mol. The van der Waals surface area contributed by atoms with E-state index in [0.29, 0.717) is 21.5 Å². The van der Waals surface area contributed by atoms with Crippen molar-refractivity contribution in [2.75, 3.05) is 6.61 Å². The van der Waals surface area contributed by atoms with Crippen LogP contribution in [0.5, 0.6) is 5.75 Å². The van der Waals surface area contributed by atoms with Gasteiger partial charge in [-0.1, -0.05) is 16.8 Å². The van der Waals surface area contributed by atoms with Gasteiger partial charge in [-0.25, -0.2) is 4.79 Å². The van der Waals surface area contributed by atoms with Gasteiger partial charge in [0.1, 0.15) is 10.8 Å². The van der Waals surface area contributed by atoms with E-state index in [0.717, 1.165) is 0 Å². The van der Waals surface area contributed by atoms with Crippen LogP contribution in [0.1, 0.15) is 0 Å². The highest BCUT2D eigenvalue weighted by Gasteiger charge is 2.21. The average molecular weight is 321 g/mol. The summed E-state index contributed by atoms with van der Waals surface area (Å²) in [6.45, 7) is -0.522. The molecular formula is C14H9ClN2O5. The minimum Gasteiger partial charge on any atom is -0.618 e. The zero-order valence-corrected chi connectivity index (χ0v) is 11.8. The van der Waals surface area contributed by atoms with E-state index >= 15 is 0 Å². The molecule has 2 aromatic heterocycles. The van der Waals surface area contributed by atoms with E-state index in [9.17, 15) is 10.0 Å². The summed E-state index contributed by atoms with van der Waals surface area (Å²) in [7, 11) is 0. The van der Waals surface area contributed by atoms with Gasteiger partial charge in [-0.15, -0.1) is 0 Å². The lowest BCUT2D eigenvalue weighted by molar-refractivity contribution is -0.593. The van der Waals surface area contributed by atoms with E-state index in [2.05, 4.69) is 5.16 Å². The highest BCUT2D eigenvalue weighted by Crippen LogP contribution is 2.36. The molecule has 0 spiro atoms. The van der Waals surface area contributed by atoms with Crippen LogP contribution in [0.4, 0.5) is 0 Å². The molecule has 1 N–H and O–H groups in total. The molecule has 0 saturated carbocycles. The van der Waals surface area contributed by atoms with E-state index in [1.165, 1.54) is 12.3 Å². The largest absolute Gasteiger partial charge is 0.618 e. The van der Waals surface area contributed by atoms with Crippen LogP contribution >= 0.6 is 11.6 Å². The summed E-state index contributed by atoms with van der Waals surface area (Å²) in [4.78, 5) is 10.5. The van der Waals surface area contributed by atoms with Crippen LogP contribution in [0.3, 0.4) is 0 Å². The van der Waals surface area contributed by atoms with Gasteiger partial charge in [0.25, 0.3) is 0 Å². The first-order valence-electron chi connectivity index (χ1n) is 6.19. The first-order chi connectivity index (χ1) is 10.6. The maximum absolute atomic E-state index is 11.8. The molecule has 0 aliphatic heterocycles. The Morgan fingerprint density at radius 3 is 2.95 bits per heavy atom. The lowest BCUT2D eigenvalue weighted by Gasteiger charge is -2.05. The minimum absolute atomic E-state index is 0.103. The molecule has 0 atom stereocenters. The lowest BCUT2D eigenvalue weighted by Crippen LogP contribution is -2.28. The predicted octanol–water partition coefficient (Wildman–Crippen LogP) is 2.25. The number of halogens is 1. The molecule has 0 unspecified atom stereocenters. The summed E-state index contributed by atoms with van der Waals surface area (Å²) < 4.78 is 10.9. The molecule has 8 heteroatoms. The van der Waals surface area contributed by atoms with Gasteiger partial charge in [-0.3, -0.25) is 0 Å². The zero-order chi connectivity index (χ0) is 15.7. The number of carbonyl (C=O) groups is 1. The molecule has 22 heavy (non-hydrogen) atoms. The van der Waals surface area contributed by atoms with Crippen LogP contribution in [-0.4, -0.2) is 22.8 Å². The van der Waals surface area contributed by atoms with Gasteiger partial charge in [0.2, 0.25) is 5.69 Å². The molecule has 0 bridgehead atoms. The number of benzene rings is 1. The van der Waals surface area contributed by atoms with Gasteiger partial charge < -0.3 is 19.6 Å². The highest BCUT2D eigenvalue weighted by molar-refractivity contribution is 6.36. The van der Waals surface area contributed by atoms with E-state index in [1.807, 2.05) is 0 Å². The third kappa shape index (κ3) is 2.42. The number of pyridine rings is 1. The van der Waals surface area contributed by atoms with Crippen LogP contribution in [0.25, 0.3) is 22.4 Å². The second-order valence-electron chi connectivity index (χ2n) is 4.38. The van der Waals surface area contributed by atoms with E-state index in [1.54, 1.807) is 24.3 Å². The second-order valence-corrected chi connectivity index (χ2v) is 4.76. The highest BCUT2D eigenvalue weighted by atomic mass is 35.5. The van der Waals surface area contributed by atoms with Gasteiger partial charge in [-0.2, -0.15) is 4.73 Å². The quantitative estimate of drug-likeness (QED) is 0.584. The first-order valence-corrected chi connectivity index (χ1v) is 6.57. The van der Waals surface area contributed by atoms with Gasteiger partial charge in [0.15, 0.2) is 24.1 Å². The molecule has 3 aromatic rings. The van der Waals surface area contributed by atoms with Crippen molar-refractivity contribution in [3.8, 4) is 17.1 Å². The van der Waals surface area contributed by atoms with Gasteiger partial charge in [0.05, 0.1) is 5.39 Å². The number of hydrogen-bond donors (Lipinski definition) is 1. The Balaban J connectivity index is 2.08. The first kappa shape index (κ1) is 14.2. The zero-order valence-electron chi connectivity index (χ0n) is 11.0. The average Bonchev–Trinajstić information content (AvgIpc) is 2.91. The summed E-state index contributed by atoms with van der Waals surface area (Å²) in [6, 6.07) is 8.02. The molecular weight excluding hydrogens is 312 g/mol. The normalized spacial score (nSPS) is 10.8. The third-order valence-electron chi connectivity index (χ3n) is 2.96. The van der Waals surface area contributed by atoms with Crippen LogP contribution in [0, 0.1) is 5.21 Å². The summed E-state index contributed by atoms with van der Waals surface area (Å²) >= 11 is 6.13. The molecule has 0 fully saturated rings. The third-order valence-corrected chi connectivity index (χ3v) is 3.32. The van der Waals surface area contributed by atoms with E-state index in [4.69, 9.17) is 26.0 Å². The van der Waals surface area contributed by atoms with Crippen LogP contribution in [0.15, 0.2) is 41.1 Å². The molecule has 3 rings (SSSR count). The SMILES string of the molecule is O=C(O)COc1ccc2c(-c3cccc[n+]3[O-])noc2c1Cl. The number of aliphatic carboxylic acids is 1. The van der Waals surface area contributed by atoms with Crippen molar-refractivity contribution in [3.05, 3.63) is 46.8 Å². The summed E-state index contributed by atoms with van der Waals surface area (Å²) in [5.74, 6) is -0.951. The van der Waals surface area contributed by atoms with Gasteiger partial charge in [-0.05, 0) is 18.2 Å². The maximum atomic E-state index is 11.8. The lowest BCUT2D eigenvalue weighted by atomic mass is 10.1. The Morgan fingerprint density at radius 2 is 2.23 bits per heavy atom. The second kappa shape index (κ2) is 5.53. The summed E-state index contributed by atoms with van der Waals surface area (Å²) in [5.41, 5.74) is 0.886. The fourth-order valence-electron chi connectivity index (χ4n) is 2.00. The minimum atomic E-state index is -1.12. The molecule has 7 nitrogen and oxygen atoms in total.